The summed E-state index contributed by atoms with van der Waals surface area (Å²) in [5.41, 5.74) is 0.0204. The van der Waals surface area contributed by atoms with E-state index in [2.05, 4.69) is 39.8 Å². The number of carbonyl (C=O) groups excluding carboxylic acids is 1. The van der Waals surface area contributed by atoms with E-state index in [1.54, 1.807) is 7.11 Å². The number of allylic oxidation sites excluding steroid dienone is 1. The Balaban J connectivity index is 1.69. The summed E-state index contributed by atoms with van der Waals surface area (Å²) in [6.07, 6.45) is 12.9. The summed E-state index contributed by atoms with van der Waals surface area (Å²) in [7, 11) is 1.68. The number of rotatable bonds is 8. The first-order valence-corrected chi connectivity index (χ1v) is 10.6. The van der Waals surface area contributed by atoms with Crippen LogP contribution in [-0.2, 0) is 14.3 Å². The van der Waals surface area contributed by atoms with E-state index in [1.165, 1.54) is 25.7 Å². The number of hydrogen-bond donors (Lipinski definition) is 0. The smallest absolute Gasteiger partial charge is 0.147 e. The first kappa shape index (κ1) is 20.1. The number of Topliss-reactive ketones (excluding diaryl/α,β-unsaturated/α-hetero) is 1. The molecule has 0 radical (unpaired) electrons. The molecular weight excluding hydrogens is 324 g/mol. The van der Waals surface area contributed by atoms with Crippen molar-refractivity contribution in [3.63, 3.8) is 0 Å². The molecule has 0 heterocycles. The number of methoxy groups -OCH3 is 1. The molecule has 148 valence electrons. The average Bonchev–Trinajstić information content (AvgIpc) is 3.34. The molecule has 3 heteroatoms. The minimum atomic E-state index is -0.198. The van der Waals surface area contributed by atoms with E-state index in [-0.39, 0.29) is 11.0 Å². The van der Waals surface area contributed by atoms with Crippen LogP contribution >= 0.6 is 0 Å². The van der Waals surface area contributed by atoms with Gasteiger partial charge < -0.3 is 9.47 Å². The summed E-state index contributed by atoms with van der Waals surface area (Å²) in [6.45, 7) is 9.49. The molecule has 0 spiro atoms. The van der Waals surface area contributed by atoms with Crippen LogP contribution in [0.1, 0.15) is 72.6 Å². The Morgan fingerprint density at radius 1 is 1.23 bits per heavy atom. The van der Waals surface area contributed by atoms with Gasteiger partial charge in [-0.05, 0) is 75.5 Å². The third kappa shape index (κ3) is 3.94. The van der Waals surface area contributed by atoms with Crippen molar-refractivity contribution in [2.24, 2.45) is 35.0 Å². The van der Waals surface area contributed by atoms with Crippen LogP contribution < -0.4 is 0 Å². The van der Waals surface area contributed by atoms with Crippen LogP contribution in [0.5, 0.6) is 0 Å². The quantitative estimate of drug-likeness (QED) is 0.429. The largest absolute Gasteiger partial charge is 0.359 e. The lowest BCUT2D eigenvalue weighted by molar-refractivity contribution is -0.134. The van der Waals surface area contributed by atoms with E-state index in [0.29, 0.717) is 36.2 Å². The Labute approximate surface area is 159 Å². The second-order valence-electron chi connectivity index (χ2n) is 9.82. The number of carbonyl (C=O) groups is 1. The van der Waals surface area contributed by atoms with Crippen molar-refractivity contribution in [3.05, 3.63) is 12.2 Å². The van der Waals surface area contributed by atoms with Crippen LogP contribution in [-0.4, -0.2) is 25.3 Å². The van der Waals surface area contributed by atoms with Crippen LogP contribution in [0.2, 0.25) is 0 Å². The van der Waals surface area contributed by atoms with Crippen molar-refractivity contribution < 1.29 is 14.3 Å². The van der Waals surface area contributed by atoms with Gasteiger partial charge in [0.05, 0.1) is 5.60 Å². The molecule has 0 bridgehead atoms. The Hall–Kier alpha value is -0.670. The van der Waals surface area contributed by atoms with E-state index in [0.717, 1.165) is 25.2 Å². The summed E-state index contributed by atoms with van der Waals surface area (Å²) >= 11 is 0. The van der Waals surface area contributed by atoms with Crippen LogP contribution in [0.15, 0.2) is 12.2 Å². The molecule has 0 amide bonds. The number of ether oxygens (including phenoxy) is 2. The maximum atomic E-state index is 12.4. The van der Waals surface area contributed by atoms with Crippen molar-refractivity contribution in [2.45, 2.75) is 78.2 Å². The van der Waals surface area contributed by atoms with Gasteiger partial charge in [0.2, 0.25) is 0 Å². The number of fused-ring (bicyclic) bond motifs is 1. The second-order valence-corrected chi connectivity index (χ2v) is 9.82. The van der Waals surface area contributed by atoms with E-state index >= 15 is 0 Å². The molecule has 26 heavy (non-hydrogen) atoms. The summed E-state index contributed by atoms with van der Waals surface area (Å²) in [4.78, 5) is 12.4. The summed E-state index contributed by atoms with van der Waals surface area (Å²) in [5, 5.41) is 0. The van der Waals surface area contributed by atoms with Crippen molar-refractivity contribution in [1.82, 2.24) is 0 Å². The van der Waals surface area contributed by atoms with Gasteiger partial charge in [-0.25, -0.2) is 0 Å². The van der Waals surface area contributed by atoms with E-state index < -0.39 is 0 Å². The number of ketones is 1. The average molecular weight is 363 g/mol. The van der Waals surface area contributed by atoms with E-state index in [4.69, 9.17) is 9.47 Å². The molecule has 0 aliphatic heterocycles. The van der Waals surface area contributed by atoms with Crippen LogP contribution in [0, 0.1) is 35.0 Å². The molecule has 3 rings (SSSR count). The second kappa shape index (κ2) is 7.75. The highest BCUT2D eigenvalue weighted by atomic mass is 16.7. The van der Waals surface area contributed by atoms with Gasteiger partial charge in [-0.1, -0.05) is 26.0 Å². The lowest BCUT2D eigenvalue weighted by atomic mass is 9.62. The Morgan fingerprint density at radius 2 is 1.96 bits per heavy atom. The van der Waals surface area contributed by atoms with Gasteiger partial charge in [0.1, 0.15) is 12.6 Å². The molecule has 0 saturated heterocycles. The highest BCUT2D eigenvalue weighted by Crippen LogP contribution is 2.57. The van der Waals surface area contributed by atoms with E-state index in [1.807, 2.05) is 0 Å². The zero-order valence-corrected chi connectivity index (χ0v) is 17.4. The van der Waals surface area contributed by atoms with Gasteiger partial charge in [-0.2, -0.15) is 0 Å². The van der Waals surface area contributed by atoms with Crippen molar-refractivity contribution in [1.29, 1.82) is 0 Å². The highest BCUT2D eigenvalue weighted by molar-refractivity contribution is 5.83. The molecule has 3 nitrogen and oxygen atoms in total. The predicted molar refractivity (Wildman–Crippen MR) is 105 cm³/mol. The van der Waals surface area contributed by atoms with Gasteiger partial charge in [0, 0.05) is 25.4 Å². The molecule has 0 aromatic carbocycles. The van der Waals surface area contributed by atoms with Gasteiger partial charge in [0.25, 0.3) is 0 Å². The molecule has 0 N–H and O–H groups in total. The molecule has 3 fully saturated rings. The molecule has 3 aliphatic carbocycles. The van der Waals surface area contributed by atoms with Crippen LogP contribution in [0.4, 0.5) is 0 Å². The fourth-order valence-corrected chi connectivity index (χ4v) is 5.98. The lowest BCUT2D eigenvalue weighted by Gasteiger charge is -2.42. The monoisotopic (exact) mass is 362 g/mol. The summed E-state index contributed by atoms with van der Waals surface area (Å²) in [6, 6.07) is 0. The lowest BCUT2D eigenvalue weighted by Crippen LogP contribution is -2.39. The topological polar surface area (TPSA) is 35.5 Å². The van der Waals surface area contributed by atoms with Gasteiger partial charge in [0.15, 0.2) is 0 Å². The predicted octanol–water partition coefficient (Wildman–Crippen LogP) is 5.39. The standard InChI is InChI=1S/C23H38O3/c1-16(18-12-13-20-21(24)7-6-14-23(18,20)4)8-11-19(17-9-10-17)22(2,3)26-15-25-5/h8,11,16-20H,6-7,9-10,12-15H2,1-5H3/b11-8+/t16-,18-,19-,20+,23-/m1/s1. The van der Waals surface area contributed by atoms with Gasteiger partial charge in [-0.3, -0.25) is 4.79 Å². The SMILES string of the molecule is COCOC(C)(C)[C@H](/C=C/[C@@H](C)[C@H]1CC[C@H]2C(=O)CCC[C@]12C)C1CC1. The molecule has 0 unspecified atom stereocenters. The summed E-state index contributed by atoms with van der Waals surface area (Å²) in [5.74, 6) is 3.19. The Morgan fingerprint density at radius 3 is 2.62 bits per heavy atom. The van der Waals surface area contributed by atoms with Crippen molar-refractivity contribution in [2.75, 3.05) is 13.9 Å². The van der Waals surface area contributed by atoms with Crippen molar-refractivity contribution >= 4 is 5.78 Å². The molecule has 0 aromatic rings. The number of hydrogen-bond acceptors (Lipinski definition) is 3. The first-order chi connectivity index (χ1) is 12.3. The van der Waals surface area contributed by atoms with Crippen LogP contribution in [0.25, 0.3) is 0 Å². The third-order valence-corrected chi connectivity index (χ3v) is 7.67. The summed E-state index contributed by atoms with van der Waals surface area (Å²) < 4.78 is 11.1. The molecule has 0 aromatic heterocycles. The molecule has 3 saturated carbocycles. The molecule has 5 atom stereocenters. The normalized spacial score (nSPS) is 34.9. The molecule has 3 aliphatic rings. The fourth-order valence-electron chi connectivity index (χ4n) is 5.98. The highest BCUT2D eigenvalue weighted by Gasteiger charge is 2.52. The zero-order chi connectivity index (χ0) is 18.9. The van der Waals surface area contributed by atoms with Crippen molar-refractivity contribution in [3.8, 4) is 0 Å². The Bertz CT molecular complexity index is 534. The van der Waals surface area contributed by atoms with E-state index in [9.17, 15) is 4.79 Å². The zero-order valence-electron chi connectivity index (χ0n) is 17.4. The maximum Gasteiger partial charge on any atom is 0.147 e. The minimum absolute atomic E-state index is 0.198. The van der Waals surface area contributed by atoms with Gasteiger partial charge >= 0.3 is 0 Å². The first-order valence-electron chi connectivity index (χ1n) is 10.6. The van der Waals surface area contributed by atoms with Gasteiger partial charge in [-0.15, -0.1) is 0 Å². The molecular formula is C23H38O3. The maximum absolute atomic E-state index is 12.4. The Kier molecular flexibility index (Phi) is 5.99. The van der Waals surface area contributed by atoms with Crippen LogP contribution in [0.3, 0.4) is 0 Å². The fraction of sp³-hybridized carbons (Fsp3) is 0.870. The minimum Gasteiger partial charge on any atom is -0.359 e. The third-order valence-electron chi connectivity index (χ3n) is 7.67.